The van der Waals surface area contributed by atoms with Crippen molar-refractivity contribution in [3.05, 3.63) is 41.7 Å². The van der Waals surface area contributed by atoms with E-state index in [1.165, 1.54) is 16.9 Å². The number of carbonyl (C=O) groups excluding carboxylic acids is 1. The van der Waals surface area contributed by atoms with Crippen LogP contribution in [0.2, 0.25) is 0 Å². The number of anilines is 3. The molecule has 4 rings (SSSR count). The first-order chi connectivity index (χ1) is 15.6. The van der Waals surface area contributed by atoms with Gasteiger partial charge in [-0.05, 0) is 18.6 Å². The van der Waals surface area contributed by atoms with E-state index in [1.807, 2.05) is 0 Å². The number of nitrogens with zero attached hydrogens (tertiary/aromatic N) is 4. The van der Waals surface area contributed by atoms with Crippen LogP contribution in [0.15, 0.2) is 24.4 Å². The second kappa shape index (κ2) is 8.63. The maximum atomic E-state index is 14.1. The highest BCUT2D eigenvalue weighted by Gasteiger charge is 2.40. The van der Waals surface area contributed by atoms with Crippen LogP contribution in [-0.4, -0.2) is 45.7 Å². The molecule has 1 aliphatic rings. The number of alkyl halides is 2. The molecule has 0 spiro atoms. The first-order valence-electron chi connectivity index (χ1n) is 10.0. The van der Waals surface area contributed by atoms with Crippen LogP contribution in [0.4, 0.5) is 34.1 Å². The average molecular weight is 483 g/mol. The molecule has 13 heteroatoms. The largest absolute Gasteiger partial charge is 0.389 e. The number of hydrogen-bond acceptors (Lipinski definition) is 7. The second-order valence-electron chi connectivity index (χ2n) is 7.68. The standard InChI is InChI=1S/C20H21F4N7OS/c1-30-19(31-7-5-13(25)20(23,24)6-8-31)12(9-27-30)28-17(32)15-16(26)33-18(29-15)14-10(21)3-2-4-11(14)22/h2-4,9,13H,5-8,25-26H2,1H3,(H,28,32). The maximum Gasteiger partial charge on any atom is 0.277 e. The smallest absolute Gasteiger partial charge is 0.277 e. The molecule has 2 aromatic heterocycles. The fourth-order valence-corrected chi connectivity index (χ4v) is 4.56. The van der Waals surface area contributed by atoms with Gasteiger partial charge in [0.2, 0.25) is 0 Å². The summed E-state index contributed by atoms with van der Waals surface area (Å²) in [5.41, 5.74) is 11.2. The highest BCUT2D eigenvalue weighted by molar-refractivity contribution is 7.19. The average Bonchev–Trinajstić information content (AvgIpc) is 3.26. The lowest BCUT2D eigenvalue weighted by Crippen LogP contribution is -2.40. The Hall–Kier alpha value is -3.19. The summed E-state index contributed by atoms with van der Waals surface area (Å²) in [6, 6.07) is 2.11. The molecule has 0 saturated carbocycles. The molecule has 1 saturated heterocycles. The number of thiazole rings is 1. The number of carbonyl (C=O) groups is 1. The number of aromatic nitrogens is 3. The minimum Gasteiger partial charge on any atom is -0.389 e. The Morgan fingerprint density at radius 3 is 2.67 bits per heavy atom. The third kappa shape index (κ3) is 4.37. The van der Waals surface area contributed by atoms with Gasteiger partial charge in [0.1, 0.15) is 27.3 Å². The van der Waals surface area contributed by atoms with Gasteiger partial charge >= 0.3 is 0 Å². The highest BCUT2D eigenvalue weighted by atomic mass is 32.1. The first-order valence-corrected chi connectivity index (χ1v) is 10.8. The number of nitrogens with one attached hydrogen (secondary N) is 1. The van der Waals surface area contributed by atoms with Gasteiger partial charge in [-0.3, -0.25) is 9.48 Å². The van der Waals surface area contributed by atoms with Crippen LogP contribution in [0, 0.1) is 11.6 Å². The molecule has 1 aromatic carbocycles. The molecule has 176 valence electrons. The molecular weight excluding hydrogens is 462 g/mol. The summed E-state index contributed by atoms with van der Waals surface area (Å²) in [5, 5.41) is 6.63. The number of rotatable bonds is 4. The quantitative estimate of drug-likeness (QED) is 0.491. The number of aryl methyl sites for hydroxylation is 1. The van der Waals surface area contributed by atoms with Gasteiger partial charge in [0.25, 0.3) is 11.8 Å². The predicted octanol–water partition coefficient (Wildman–Crippen LogP) is 3.22. The van der Waals surface area contributed by atoms with Crippen molar-refractivity contribution in [1.29, 1.82) is 0 Å². The number of amides is 1. The molecule has 1 fully saturated rings. The minimum atomic E-state index is -3.00. The summed E-state index contributed by atoms with van der Waals surface area (Å²) >= 11 is 0.772. The van der Waals surface area contributed by atoms with Crippen molar-refractivity contribution in [1.82, 2.24) is 14.8 Å². The van der Waals surface area contributed by atoms with Gasteiger partial charge in [-0.15, -0.1) is 0 Å². The fourth-order valence-electron chi connectivity index (χ4n) is 3.68. The zero-order valence-corrected chi connectivity index (χ0v) is 18.3. The van der Waals surface area contributed by atoms with Crippen LogP contribution in [-0.2, 0) is 7.05 Å². The van der Waals surface area contributed by atoms with E-state index >= 15 is 0 Å². The zero-order chi connectivity index (χ0) is 23.9. The molecule has 0 bridgehead atoms. The second-order valence-corrected chi connectivity index (χ2v) is 8.71. The molecule has 1 atom stereocenters. The fraction of sp³-hybridized carbons (Fsp3) is 0.350. The van der Waals surface area contributed by atoms with Crippen molar-refractivity contribution in [2.24, 2.45) is 12.8 Å². The topological polar surface area (TPSA) is 115 Å². The van der Waals surface area contributed by atoms with Gasteiger partial charge in [0.05, 0.1) is 17.8 Å². The lowest BCUT2D eigenvalue weighted by atomic mass is 10.1. The molecule has 1 amide bonds. The maximum absolute atomic E-state index is 14.1. The zero-order valence-electron chi connectivity index (χ0n) is 17.5. The van der Waals surface area contributed by atoms with Crippen LogP contribution < -0.4 is 21.7 Å². The van der Waals surface area contributed by atoms with E-state index in [-0.39, 0.29) is 46.5 Å². The van der Waals surface area contributed by atoms with Crippen LogP contribution in [0.25, 0.3) is 10.6 Å². The van der Waals surface area contributed by atoms with E-state index < -0.39 is 35.9 Å². The molecule has 3 heterocycles. The Bertz CT molecular complexity index is 1180. The summed E-state index contributed by atoms with van der Waals surface area (Å²) < 4.78 is 57.7. The summed E-state index contributed by atoms with van der Waals surface area (Å²) in [5.74, 6) is -4.97. The van der Waals surface area contributed by atoms with Gasteiger partial charge < -0.3 is 21.7 Å². The van der Waals surface area contributed by atoms with Crippen molar-refractivity contribution in [2.45, 2.75) is 24.8 Å². The third-order valence-electron chi connectivity index (χ3n) is 5.47. The summed E-state index contributed by atoms with van der Waals surface area (Å²) in [6.07, 6.45) is 0.988. The lowest BCUT2D eigenvalue weighted by Gasteiger charge is -2.24. The lowest BCUT2D eigenvalue weighted by molar-refractivity contribution is -0.0274. The van der Waals surface area contributed by atoms with Crippen molar-refractivity contribution in [2.75, 3.05) is 29.0 Å². The van der Waals surface area contributed by atoms with E-state index in [4.69, 9.17) is 11.5 Å². The summed E-state index contributed by atoms with van der Waals surface area (Å²) in [4.78, 5) is 18.6. The molecule has 3 aromatic rings. The van der Waals surface area contributed by atoms with Crippen molar-refractivity contribution in [3.8, 4) is 10.6 Å². The van der Waals surface area contributed by atoms with Crippen LogP contribution in [0.3, 0.4) is 0 Å². The Balaban J connectivity index is 1.59. The summed E-state index contributed by atoms with van der Waals surface area (Å²) in [6.45, 7) is 0.257. The van der Waals surface area contributed by atoms with Crippen molar-refractivity contribution >= 4 is 33.8 Å². The van der Waals surface area contributed by atoms with Crippen molar-refractivity contribution in [3.63, 3.8) is 0 Å². The molecule has 33 heavy (non-hydrogen) atoms. The monoisotopic (exact) mass is 483 g/mol. The van der Waals surface area contributed by atoms with E-state index in [1.54, 1.807) is 11.9 Å². The molecule has 1 aliphatic heterocycles. The van der Waals surface area contributed by atoms with Gasteiger partial charge in [-0.2, -0.15) is 5.10 Å². The number of halogens is 4. The van der Waals surface area contributed by atoms with Crippen LogP contribution >= 0.6 is 11.3 Å². The third-order valence-corrected chi connectivity index (χ3v) is 6.37. The number of nitrogen functional groups attached to an aromatic ring is 1. The van der Waals surface area contributed by atoms with E-state index in [9.17, 15) is 22.4 Å². The number of benzene rings is 1. The Morgan fingerprint density at radius 2 is 1.97 bits per heavy atom. The van der Waals surface area contributed by atoms with Crippen molar-refractivity contribution < 1.29 is 22.4 Å². The Morgan fingerprint density at radius 1 is 1.27 bits per heavy atom. The molecule has 8 nitrogen and oxygen atoms in total. The molecule has 5 N–H and O–H groups in total. The SMILES string of the molecule is Cn1ncc(NC(=O)c2nc(-c3c(F)cccc3F)sc2N)c1N1CCC(N)C(F)(F)CC1. The van der Waals surface area contributed by atoms with Crippen LogP contribution in [0.5, 0.6) is 0 Å². The molecule has 0 aliphatic carbocycles. The Labute approximate surface area is 190 Å². The van der Waals surface area contributed by atoms with Gasteiger partial charge in [-0.1, -0.05) is 17.4 Å². The molecule has 1 unspecified atom stereocenters. The normalized spacial score (nSPS) is 18.2. The molecule has 0 radical (unpaired) electrons. The van der Waals surface area contributed by atoms with Crippen LogP contribution in [0.1, 0.15) is 23.3 Å². The first kappa shape index (κ1) is 23.0. The Kier molecular flexibility index (Phi) is 6.01. The van der Waals surface area contributed by atoms with Gasteiger partial charge in [-0.25, -0.2) is 22.5 Å². The predicted molar refractivity (Wildman–Crippen MR) is 117 cm³/mol. The van der Waals surface area contributed by atoms with E-state index in [2.05, 4.69) is 15.4 Å². The van der Waals surface area contributed by atoms with Gasteiger partial charge in [0, 0.05) is 26.6 Å². The van der Waals surface area contributed by atoms with E-state index in [0.29, 0.717) is 5.82 Å². The minimum absolute atomic E-state index is 0.0126. The number of nitrogens with two attached hydrogens (primary N) is 2. The van der Waals surface area contributed by atoms with Gasteiger partial charge in [0.15, 0.2) is 11.5 Å². The van der Waals surface area contributed by atoms with E-state index in [0.717, 1.165) is 23.5 Å². The summed E-state index contributed by atoms with van der Waals surface area (Å²) in [7, 11) is 1.62. The molecular formula is C20H21F4N7OS. The number of hydrogen-bond donors (Lipinski definition) is 3. The highest BCUT2D eigenvalue weighted by Crippen LogP contribution is 2.35.